The Morgan fingerprint density at radius 3 is 2.53 bits per heavy atom. The van der Waals surface area contributed by atoms with E-state index in [-0.39, 0.29) is 30.4 Å². The first kappa shape index (κ1) is 16.8. The van der Waals surface area contributed by atoms with E-state index in [1.807, 2.05) is 27.7 Å². The molecule has 0 bridgehead atoms. The van der Waals surface area contributed by atoms with E-state index in [2.05, 4.69) is 0 Å². The largest absolute Gasteiger partial charge is 0.493 e. The molecule has 30 heavy (non-hydrogen) atoms. The average molecular weight is 424 g/mol. The number of nitrogens with zero attached hydrogens (tertiary/aromatic N) is 1. The van der Waals surface area contributed by atoms with E-state index in [1.165, 1.54) is 25.2 Å². The van der Waals surface area contributed by atoms with Gasteiger partial charge in [-0.2, -0.15) is 0 Å². The first-order chi connectivity index (χ1) is 16.1. The molecule has 0 saturated carbocycles. The predicted octanol–water partition coefficient (Wildman–Crippen LogP) is 3.56. The lowest BCUT2D eigenvalue weighted by Crippen LogP contribution is -2.51. The van der Waals surface area contributed by atoms with Crippen molar-refractivity contribution in [2.24, 2.45) is 23.5 Å². The summed E-state index contributed by atoms with van der Waals surface area (Å²) in [5.41, 5.74) is 6.66. The van der Waals surface area contributed by atoms with Gasteiger partial charge in [-0.25, -0.2) is 0 Å². The minimum Gasteiger partial charge on any atom is -0.493 e. The molecule has 2 aliphatic heterocycles. The third-order valence-electron chi connectivity index (χ3n) is 5.87. The summed E-state index contributed by atoms with van der Waals surface area (Å²) in [5, 5.41) is 0. The fraction of sp³-hybridized carbons (Fsp3) is 0.708. The van der Waals surface area contributed by atoms with Crippen molar-refractivity contribution in [3.63, 3.8) is 0 Å². The number of ether oxygens (including phenoxy) is 3. The number of piperidine rings is 1. The molecule has 1 saturated heterocycles. The first-order valence-electron chi connectivity index (χ1n) is 13.1. The molecule has 0 spiro atoms. The molecule has 0 amide bonds. The second kappa shape index (κ2) is 9.56. The molecular formula is C24H38N2O4. The second-order valence-corrected chi connectivity index (χ2v) is 8.89. The van der Waals surface area contributed by atoms with E-state index in [1.54, 1.807) is 6.07 Å². The van der Waals surface area contributed by atoms with Crippen molar-refractivity contribution in [3.05, 3.63) is 23.3 Å². The van der Waals surface area contributed by atoms with Crippen LogP contribution in [0.3, 0.4) is 0 Å². The Morgan fingerprint density at radius 2 is 1.93 bits per heavy atom. The molecule has 0 aromatic heterocycles. The van der Waals surface area contributed by atoms with Crippen LogP contribution >= 0.6 is 0 Å². The van der Waals surface area contributed by atoms with Crippen LogP contribution in [0.25, 0.3) is 0 Å². The van der Waals surface area contributed by atoms with Gasteiger partial charge < -0.3 is 19.9 Å². The van der Waals surface area contributed by atoms with Gasteiger partial charge in [0.2, 0.25) is 0 Å². The molecule has 6 nitrogen and oxygen atoms in total. The summed E-state index contributed by atoms with van der Waals surface area (Å²) >= 11 is 0. The van der Waals surface area contributed by atoms with Crippen molar-refractivity contribution in [2.45, 2.75) is 65.1 Å². The lowest BCUT2D eigenvalue weighted by molar-refractivity contribution is -0.160. The van der Waals surface area contributed by atoms with E-state index in [0.717, 1.165) is 0 Å². The molecule has 1 aromatic carbocycles. The number of nitrogens with two attached hydrogens (primary N) is 1. The van der Waals surface area contributed by atoms with Gasteiger partial charge in [0.25, 0.3) is 0 Å². The third-order valence-corrected chi connectivity index (χ3v) is 5.87. The minimum atomic E-state index is -2.38. The van der Waals surface area contributed by atoms with Gasteiger partial charge in [0.05, 0.1) is 15.6 Å². The van der Waals surface area contributed by atoms with Gasteiger partial charge in [0.15, 0.2) is 11.5 Å². The van der Waals surface area contributed by atoms with Gasteiger partial charge in [-0.1, -0.05) is 27.7 Å². The van der Waals surface area contributed by atoms with Crippen molar-refractivity contribution in [2.75, 3.05) is 27.3 Å². The lowest BCUT2D eigenvalue weighted by atomic mass is 9.79. The number of esters is 1. The zero-order valence-electron chi connectivity index (χ0n) is 23.8. The van der Waals surface area contributed by atoms with Gasteiger partial charge in [-0.05, 0) is 47.9 Å². The minimum absolute atomic E-state index is 0.0288. The maximum absolute atomic E-state index is 12.9. The van der Waals surface area contributed by atoms with Crippen LogP contribution in [0.5, 0.6) is 11.5 Å². The Bertz CT molecular complexity index is 958. The van der Waals surface area contributed by atoms with Gasteiger partial charge in [0, 0.05) is 36.9 Å². The molecule has 0 radical (unpaired) electrons. The van der Waals surface area contributed by atoms with Crippen LogP contribution in [0, 0.1) is 17.8 Å². The molecule has 4 atom stereocenters. The Hall–Kier alpha value is -1.79. The van der Waals surface area contributed by atoms with Gasteiger partial charge in [-0.3, -0.25) is 9.69 Å². The van der Waals surface area contributed by atoms with E-state index < -0.39 is 42.9 Å². The highest BCUT2D eigenvalue weighted by atomic mass is 16.5. The van der Waals surface area contributed by atoms with Crippen LogP contribution in [0.4, 0.5) is 0 Å². The zero-order valence-corrected chi connectivity index (χ0v) is 18.8. The van der Waals surface area contributed by atoms with Crippen LogP contribution in [-0.2, 0) is 15.9 Å². The SMILES string of the molecule is [2H]C1(OC(=O)[C@@H](N)C(C)C)CC2c3cc(OC)c(OC)cc3C([2H])([2H])C([2H])([2H])N2CC1CC(C)C. The molecular weight excluding hydrogens is 380 g/mol. The fourth-order valence-electron chi connectivity index (χ4n) is 4.12. The van der Waals surface area contributed by atoms with E-state index in [0.29, 0.717) is 23.5 Å². The number of carbonyl (C=O) groups excluding carboxylic acids is 1. The van der Waals surface area contributed by atoms with Gasteiger partial charge >= 0.3 is 5.97 Å². The van der Waals surface area contributed by atoms with Crippen LogP contribution in [0.2, 0.25) is 0 Å². The van der Waals surface area contributed by atoms with Crippen molar-refractivity contribution < 1.29 is 25.9 Å². The topological polar surface area (TPSA) is 74.0 Å². The number of rotatable bonds is 7. The Labute approximate surface area is 188 Å². The maximum Gasteiger partial charge on any atom is 0.323 e. The number of hydrogen-bond donors (Lipinski definition) is 1. The summed E-state index contributed by atoms with van der Waals surface area (Å²) in [6, 6.07) is 1.52. The summed E-state index contributed by atoms with van der Waals surface area (Å²) in [7, 11) is 2.91. The molecule has 2 aliphatic rings. The van der Waals surface area contributed by atoms with Gasteiger partial charge in [-0.15, -0.1) is 0 Å². The van der Waals surface area contributed by atoms with Crippen LogP contribution in [0.15, 0.2) is 12.1 Å². The van der Waals surface area contributed by atoms with Crippen molar-refractivity contribution in [1.29, 1.82) is 0 Å². The molecule has 2 heterocycles. The Kier molecular flexibility index (Phi) is 5.37. The highest BCUT2D eigenvalue weighted by Crippen LogP contribution is 2.44. The highest BCUT2D eigenvalue weighted by molar-refractivity contribution is 5.76. The summed E-state index contributed by atoms with van der Waals surface area (Å²) in [4.78, 5) is 14.3. The van der Waals surface area contributed by atoms with Gasteiger partial charge in [0.1, 0.15) is 12.1 Å². The standard InChI is InChI=1S/C24H38N2O4/c1-14(2)9-17-13-26-8-7-16-10-21(28-5)22(29-6)11-18(16)19(26)12-20(17)30-24(27)23(25)15(3)4/h10-11,14-15,17,19-20,23H,7-9,12-13,25H2,1-6H3/t17?,19?,20?,23-/m0/s1/i7D2,8D2,20D. The molecule has 3 rings (SSSR count). The second-order valence-electron chi connectivity index (χ2n) is 8.89. The van der Waals surface area contributed by atoms with E-state index in [4.69, 9.17) is 25.4 Å². The zero-order chi connectivity index (χ0) is 26.5. The number of carbonyl (C=O) groups is 1. The third kappa shape index (κ3) is 4.75. The smallest absolute Gasteiger partial charge is 0.323 e. The molecule has 1 fully saturated rings. The summed E-state index contributed by atoms with van der Waals surface area (Å²) < 4.78 is 61.1. The van der Waals surface area contributed by atoms with Crippen LogP contribution in [0.1, 0.15) is 64.6 Å². The Balaban J connectivity index is 2.15. The molecule has 3 unspecified atom stereocenters. The molecule has 0 aliphatic carbocycles. The van der Waals surface area contributed by atoms with E-state index in [9.17, 15) is 6.17 Å². The summed E-state index contributed by atoms with van der Waals surface area (Å²) in [6.45, 7) is 5.28. The number of benzene rings is 1. The van der Waals surface area contributed by atoms with Crippen molar-refractivity contribution in [1.82, 2.24) is 4.90 Å². The quantitative estimate of drug-likeness (QED) is 0.676. The lowest BCUT2D eigenvalue weighted by Gasteiger charge is -2.47. The predicted molar refractivity (Wildman–Crippen MR) is 118 cm³/mol. The summed E-state index contributed by atoms with van der Waals surface area (Å²) in [5.74, 6) is -0.526. The molecule has 1 aromatic rings. The number of fused-ring (bicyclic) bond motifs is 3. The number of aryl methyl sites for hydroxylation is 1. The average Bonchev–Trinajstić information content (AvgIpc) is 2.77. The first-order valence-corrected chi connectivity index (χ1v) is 10.6. The van der Waals surface area contributed by atoms with E-state index >= 15 is 0 Å². The Morgan fingerprint density at radius 1 is 1.27 bits per heavy atom. The van der Waals surface area contributed by atoms with Crippen LogP contribution < -0.4 is 15.2 Å². The molecule has 6 heteroatoms. The monoisotopic (exact) mass is 423 g/mol. The summed E-state index contributed by atoms with van der Waals surface area (Å²) in [6.07, 6.45) is -3.53. The number of hydrogen-bond acceptors (Lipinski definition) is 6. The van der Waals surface area contributed by atoms with Crippen molar-refractivity contribution >= 4 is 5.97 Å². The number of methoxy groups -OCH3 is 2. The van der Waals surface area contributed by atoms with Crippen LogP contribution in [-0.4, -0.2) is 50.3 Å². The highest BCUT2D eigenvalue weighted by Gasteiger charge is 2.41. The van der Waals surface area contributed by atoms with Crippen molar-refractivity contribution in [3.8, 4) is 11.5 Å². The normalized spacial score (nSPS) is 33.2. The molecule has 2 N–H and O–H groups in total. The fourth-order valence-corrected chi connectivity index (χ4v) is 4.12. The molecule has 168 valence electrons. The maximum atomic E-state index is 12.9.